The quantitative estimate of drug-likeness (QED) is 0.683. The van der Waals surface area contributed by atoms with Crippen LogP contribution in [0.3, 0.4) is 0 Å². The van der Waals surface area contributed by atoms with E-state index < -0.39 is 0 Å². The van der Waals surface area contributed by atoms with Crippen molar-refractivity contribution in [2.75, 3.05) is 16.8 Å². The zero-order chi connectivity index (χ0) is 9.84. The number of hydrogen-bond donors (Lipinski definition) is 1. The molecule has 0 atom stereocenters. The minimum atomic E-state index is 0.502. The van der Waals surface area contributed by atoms with Gasteiger partial charge in [0.15, 0.2) is 0 Å². The third-order valence-electron chi connectivity index (χ3n) is 1.94. The Morgan fingerprint density at radius 3 is 2.77 bits per heavy atom. The Labute approximate surface area is 93.1 Å². The molecule has 0 amide bonds. The second-order valence-corrected chi connectivity index (χ2v) is 4.36. The standard InChI is InChI=1S/C9H16IN3/c1-7(2)8-6-13(5-4-10)9(11-3)12-8/h6-7H,4-5H2,1-3H3,(H,11,12). The Bertz CT molecular complexity index is 268. The lowest BCUT2D eigenvalue weighted by Gasteiger charge is -2.02. The van der Waals surface area contributed by atoms with Gasteiger partial charge in [-0.15, -0.1) is 0 Å². The SMILES string of the molecule is CNc1nc(C(C)C)cn1CCI. The van der Waals surface area contributed by atoms with Gasteiger partial charge in [-0.2, -0.15) is 0 Å². The van der Waals surface area contributed by atoms with Crippen molar-refractivity contribution in [3.8, 4) is 0 Å². The molecule has 0 radical (unpaired) electrons. The monoisotopic (exact) mass is 293 g/mol. The molecule has 0 aliphatic carbocycles. The van der Waals surface area contributed by atoms with E-state index in [1.54, 1.807) is 0 Å². The first-order chi connectivity index (χ1) is 6.19. The minimum absolute atomic E-state index is 0.502. The van der Waals surface area contributed by atoms with Gasteiger partial charge in [-0.3, -0.25) is 0 Å². The molecular weight excluding hydrogens is 277 g/mol. The van der Waals surface area contributed by atoms with Crippen LogP contribution < -0.4 is 5.32 Å². The normalized spacial score (nSPS) is 10.8. The van der Waals surface area contributed by atoms with Crippen molar-refractivity contribution in [3.63, 3.8) is 0 Å². The summed E-state index contributed by atoms with van der Waals surface area (Å²) in [7, 11) is 1.91. The van der Waals surface area contributed by atoms with Gasteiger partial charge in [0, 0.05) is 24.2 Å². The summed E-state index contributed by atoms with van der Waals surface area (Å²) in [6.07, 6.45) is 2.13. The van der Waals surface area contributed by atoms with E-state index in [1.165, 1.54) is 0 Å². The number of nitrogens with zero attached hydrogens (tertiary/aromatic N) is 2. The van der Waals surface area contributed by atoms with Gasteiger partial charge in [-0.1, -0.05) is 36.4 Å². The van der Waals surface area contributed by atoms with Crippen molar-refractivity contribution < 1.29 is 0 Å². The Hall–Kier alpha value is -0.260. The van der Waals surface area contributed by atoms with E-state index in [9.17, 15) is 0 Å². The van der Waals surface area contributed by atoms with Crippen LogP contribution in [0.2, 0.25) is 0 Å². The molecule has 1 aromatic heterocycles. The average Bonchev–Trinajstić information content (AvgIpc) is 2.48. The molecule has 3 nitrogen and oxygen atoms in total. The molecule has 0 unspecified atom stereocenters. The molecule has 1 heterocycles. The maximum absolute atomic E-state index is 4.50. The number of halogens is 1. The maximum Gasteiger partial charge on any atom is 0.202 e. The van der Waals surface area contributed by atoms with Crippen LogP contribution >= 0.6 is 22.6 Å². The van der Waals surface area contributed by atoms with Crippen LogP contribution in [0.15, 0.2) is 6.20 Å². The molecule has 0 saturated heterocycles. The molecule has 0 saturated carbocycles. The molecular formula is C9H16IN3. The highest BCUT2D eigenvalue weighted by atomic mass is 127. The molecule has 1 aromatic rings. The van der Waals surface area contributed by atoms with E-state index in [-0.39, 0.29) is 0 Å². The Kier molecular flexibility index (Phi) is 4.02. The van der Waals surface area contributed by atoms with Crippen molar-refractivity contribution in [1.29, 1.82) is 0 Å². The first kappa shape index (κ1) is 10.8. The van der Waals surface area contributed by atoms with Crippen LogP contribution in [0.25, 0.3) is 0 Å². The van der Waals surface area contributed by atoms with Crippen LogP contribution in [-0.2, 0) is 6.54 Å². The van der Waals surface area contributed by atoms with E-state index in [1.807, 2.05) is 7.05 Å². The second-order valence-electron chi connectivity index (χ2n) is 3.28. The molecule has 0 aromatic carbocycles. The molecule has 13 heavy (non-hydrogen) atoms. The summed E-state index contributed by atoms with van der Waals surface area (Å²) in [5.74, 6) is 1.47. The van der Waals surface area contributed by atoms with Crippen molar-refractivity contribution in [2.24, 2.45) is 0 Å². The highest BCUT2D eigenvalue weighted by molar-refractivity contribution is 14.1. The third kappa shape index (κ3) is 2.59. The summed E-state index contributed by atoms with van der Waals surface area (Å²) in [6, 6.07) is 0. The van der Waals surface area contributed by atoms with Crippen molar-refractivity contribution >= 4 is 28.5 Å². The summed E-state index contributed by atoms with van der Waals surface area (Å²) >= 11 is 2.37. The molecule has 0 aliphatic rings. The number of alkyl halides is 1. The smallest absolute Gasteiger partial charge is 0.202 e. The van der Waals surface area contributed by atoms with Crippen molar-refractivity contribution in [1.82, 2.24) is 9.55 Å². The van der Waals surface area contributed by atoms with Gasteiger partial charge in [-0.25, -0.2) is 4.98 Å². The number of aromatic nitrogens is 2. The van der Waals surface area contributed by atoms with Gasteiger partial charge in [0.25, 0.3) is 0 Å². The molecule has 1 N–H and O–H groups in total. The first-order valence-electron chi connectivity index (χ1n) is 4.49. The molecule has 1 rings (SSSR count). The second kappa shape index (κ2) is 4.83. The fourth-order valence-electron chi connectivity index (χ4n) is 1.18. The van der Waals surface area contributed by atoms with E-state index in [0.717, 1.165) is 22.6 Å². The summed E-state index contributed by atoms with van der Waals surface area (Å²) < 4.78 is 3.28. The number of aryl methyl sites for hydroxylation is 1. The molecule has 0 spiro atoms. The molecule has 0 fully saturated rings. The predicted octanol–water partition coefficient (Wildman–Crippen LogP) is 2.48. The number of nitrogens with one attached hydrogen (secondary N) is 1. The molecule has 74 valence electrons. The van der Waals surface area contributed by atoms with Crippen molar-refractivity contribution in [2.45, 2.75) is 26.3 Å². The number of anilines is 1. The van der Waals surface area contributed by atoms with Gasteiger partial charge in [0.1, 0.15) is 0 Å². The number of hydrogen-bond acceptors (Lipinski definition) is 2. The van der Waals surface area contributed by atoms with Crippen LogP contribution in [-0.4, -0.2) is 21.0 Å². The zero-order valence-corrected chi connectivity index (χ0v) is 10.5. The Morgan fingerprint density at radius 1 is 1.62 bits per heavy atom. The Morgan fingerprint density at radius 2 is 2.31 bits per heavy atom. The van der Waals surface area contributed by atoms with Gasteiger partial charge in [-0.05, 0) is 5.92 Å². The van der Waals surface area contributed by atoms with E-state index in [4.69, 9.17) is 0 Å². The van der Waals surface area contributed by atoms with Gasteiger partial charge in [0.05, 0.1) is 5.69 Å². The predicted molar refractivity (Wildman–Crippen MR) is 64.7 cm³/mol. The highest BCUT2D eigenvalue weighted by Gasteiger charge is 2.08. The fraction of sp³-hybridized carbons (Fsp3) is 0.667. The largest absolute Gasteiger partial charge is 0.359 e. The lowest BCUT2D eigenvalue weighted by atomic mass is 10.2. The lowest BCUT2D eigenvalue weighted by molar-refractivity contribution is 0.779. The topological polar surface area (TPSA) is 29.9 Å². The van der Waals surface area contributed by atoms with Gasteiger partial charge < -0.3 is 9.88 Å². The van der Waals surface area contributed by atoms with Crippen LogP contribution in [0.4, 0.5) is 5.95 Å². The summed E-state index contributed by atoms with van der Waals surface area (Å²) in [5, 5.41) is 3.10. The van der Waals surface area contributed by atoms with Gasteiger partial charge in [0.2, 0.25) is 5.95 Å². The number of rotatable bonds is 4. The molecule has 0 aliphatic heterocycles. The summed E-state index contributed by atoms with van der Waals surface area (Å²) in [5.41, 5.74) is 1.16. The molecule has 0 bridgehead atoms. The first-order valence-corrected chi connectivity index (χ1v) is 6.02. The lowest BCUT2D eigenvalue weighted by Crippen LogP contribution is -2.03. The number of imidazole rings is 1. The van der Waals surface area contributed by atoms with Crippen molar-refractivity contribution in [3.05, 3.63) is 11.9 Å². The fourth-order valence-corrected chi connectivity index (χ4v) is 1.70. The minimum Gasteiger partial charge on any atom is -0.359 e. The van der Waals surface area contributed by atoms with Crippen LogP contribution in [0, 0.1) is 0 Å². The maximum atomic E-state index is 4.50. The van der Waals surface area contributed by atoms with E-state index in [0.29, 0.717) is 5.92 Å². The van der Waals surface area contributed by atoms with Crippen LogP contribution in [0.1, 0.15) is 25.5 Å². The molecule has 4 heteroatoms. The highest BCUT2D eigenvalue weighted by Crippen LogP contribution is 2.16. The average molecular weight is 293 g/mol. The van der Waals surface area contributed by atoms with Crippen LogP contribution in [0.5, 0.6) is 0 Å². The Balaban J connectivity index is 2.90. The van der Waals surface area contributed by atoms with E-state index in [2.05, 4.69) is 57.5 Å². The van der Waals surface area contributed by atoms with Gasteiger partial charge >= 0.3 is 0 Å². The summed E-state index contributed by atoms with van der Waals surface area (Å²) in [6.45, 7) is 5.35. The zero-order valence-electron chi connectivity index (χ0n) is 8.34. The summed E-state index contributed by atoms with van der Waals surface area (Å²) in [4.78, 5) is 4.50. The van der Waals surface area contributed by atoms with E-state index >= 15 is 0 Å². The third-order valence-corrected chi connectivity index (χ3v) is 2.42.